The Bertz CT molecular complexity index is 757. The second-order valence-corrected chi connectivity index (χ2v) is 4.27. The molecule has 0 aliphatic rings. The van der Waals surface area contributed by atoms with Gasteiger partial charge in [-0.3, -0.25) is 9.36 Å². The molecule has 6 heteroatoms. The highest BCUT2D eigenvalue weighted by Crippen LogP contribution is 2.13. The van der Waals surface area contributed by atoms with Gasteiger partial charge in [0.25, 0.3) is 5.56 Å². The minimum Gasteiger partial charge on any atom is -0.465 e. The SMILES string of the molecule is COC(=O)c1ccc(-n2ccc(Cl)c(C#N)c2=O)cc1. The third-order valence-electron chi connectivity index (χ3n) is 2.72. The fraction of sp³-hybridized carbons (Fsp3) is 0.0714. The minimum atomic E-state index is -0.509. The zero-order valence-corrected chi connectivity index (χ0v) is 11.2. The lowest BCUT2D eigenvalue weighted by molar-refractivity contribution is 0.0601. The number of carbonyl (C=O) groups excluding carboxylic acids is 1. The Hall–Kier alpha value is -2.58. The fourth-order valence-corrected chi connectivity index (χ4v) is 1.87. The summed E-state index contributed by atoms with van der Waals surface area (Å²) >= 11 is 5.78. The van der Waals surface area contributed by atoms with Crippen molar-refractivity contribution in [2.75, 3.05) is 7.11 Å². The molecular weight excluding hydrogens is 280 g/mol. The maximum Gasteiger partial charge on any atom is 0.337 e. The summed E-state index contributed by atoms with van der Waals surface area (Å²) < 4.78 is 5.87. The third kappa shape index (κ3) is 2.42. The van der Waals surface area contributed by atoms with E-state index in [9.17, 15) is 9.59 Å². The molecule has 0 fully saturated rings. The summed E-state index contributed by atoms with van der Waals surface area (Å²) in [6.07, 6.45) is 1.47. The van der Waals surface area contributed by atoms with Crippen molar-refractivity contribution in [1.29, 1.82) is 5.26 Å². The first-order chi connectivity index (χ1) is 9.58. The molecule has 0 amide bonds. The molecule has 0 atom stereocenters. The molecule has 0 aliphatic carbocycles. The Morgan fingerprint density at radius 3 is 2.50 bits per heavy atom. The Labute approximate surface area is 119 Å². The highest BCUT2D eigenvalue weighted by molar-refractivity contribution is 6.31. The van der Waals surface area contributed by atoms with Gasteiger partial charge in [0.05, 0.1) is 17.7 Å². The number of hydrogen-bond acceptors (Lipinski definition) is 4. The number of ether oxygens (including phenoxy) is 1. The number of carbonyl (C=O) groups is 1. The number of rotatable bonds is 2. The summed E-state index contributed by atoms with van der Waals surface area (Å²) in [5, 5.41) is 9.02. The number of hydrogen-bond donors (Lipinski definition) is 0. The van der Waals surface area contributed by atoms with E-state index in [1.54, 1.807) is 18.2 Å². The topological polar surface area (TPSA) is 72.1 Å². The van der Waals surface area contributed by atoms with E-state index in [4.69, 9.17) is 16.9 Å². The molecule has 0 saturated carbocycles. The maximum absolute atomic E-state index is 12.1. The van der Waals surface area contributed by atoms with Gasteiger partial charge < -0.3 is 4.74 Å². The standard InChI is InChI=1S/C14H9ClN2O3/c1-20-14(19)9-2-4-10(5-3-9)17-7-6-12(15)11(8-16)13(17)18/h2-7H,1H3. The summed E-state index contributed by atoms with van der Waals surface area (Å²) in [5.74, 6) is -0.460. The lowest BCUT2D eigenvalue weighted by Crippen LogP contribution is -2.20. The van der Waals surface area contributed by atoms with Crippen LogP contribution in [0.25, 0.3) is 5.69 Å². The lowest BCUT2D eigenvalue weighted by atomic mass is 10.2. The molecule has 2 rings (SSSR count). The van der Waals surface area contributed by atoms with Gasteiger partial charge in [-0.15, -0.1) is 0 Å². The average Bonchev–Trinajstić information content (AvgIpc) is 2.47. The van der Waals surface area contributed by atoms with Gasteiger partial charge in [0, 0.05) is 11.9 Å². The molecule has 0 saturated heterocycles. The van der Waals surface area contributed by atoms with Gasteiger partial charge in [-0.25, -0.2) is 4.79 Å². The van der Waals surface area contributed by atoms with E-state index in [1.165, 1.54) is 36.1 Å². The molecule has 2 aromatic rings. The van der Waals surface area contributed by atoms with E-state index in [0.29, 0.717) is 11.3 Å². The molecule has 5 nitrogen and oxygen atoms in total. The normalized spacial score (nSPS) is 9.85. The summed E-state index contributed by atoms with van der Waals surface area (Å²) in [4.78, 5) is 23.4. The van der Waals surface area contributed by atoms with Gasteiger partial charge in [0.15, 0.2) is 0 Å². The number of aromatic nitrogens is 1. The van der Waals surface area contributed by atoms with Crippen LogP contribution in [0.4, 0.5) is 0 Å². The zero-order valence-electron chi connectivity index (χ0n) is 10.5. The van der Waals surface area contributed by atoms with E-state index in [-0.39, 0.29) is 10.6 Å². The first-order valence-electron chi connectivity index (χ1n) is 5.58. The molecule has 0 aliphatic heterocycles. The van der Waals surface area contributed by atoms with Crippen molar-refractivity contribution in [3.8, 4) is 11.8 Å². The van der Waals surface area contributed by atoms with Crippen LogP contribution in [0.5, 0.6) is 0 Å². The molecule has 1 heterocycles. The number of pyridine rings is 1. The largest absolute Gasteiger partial charge is 0.465 e. The van der Waals surface area contributed by atoms with Gasteiger partial charge in [0.2, 0.25) is 0 Å². The van der Waals surface area contributed by atoms with Crippen LogP contribution >= 0.6 is 11.6 Å². The molecule has 0 unspecified atom stereocenters. The quantitative estimate of drug-likeness (QED) is 0.794. The fourth-order valence-electron chi connectivity index (χ4n) is 1.69. The molecule has 1 aromatic carbocycles. The van der Waals surface area contributed by atoms with Crippen LogP contribution < -0.4 is 5.56 Å². The summed E-state index contributed by atoms with van der Waals surface area (Å²) in [6, 6.07) is 9.49. The van der Waals surface area contributed by atoms with Crippen molar-refractivity contribution >= 4 is 17.6 Å². The average molecular weight is 289 g/mol. The van der Waals surface area contributed by atoms with Gasteiger partial charge in [-0.05, 0) is 30.3 Å². The molecule has 20 heavy (non-hydrogen) atoms. The van der Waals surface area contributed by atoms with Crippen molar-refractivity contribution in [3.63, 3.8) is 0 Å². The Kier molecular flexibility index (Phi) is 3.87. The monoisotopic (exact) mass is 288 g/mol. The van der Waals surface area contributed by atoms with Crippen molar-refractivity contribution in [2.24, 2.45) is 0 Å². The smallest absolute Gasteiger partial charge is 0.337 e. The number of benzene rings is 1. The highest BCUT2D eigenvalue weighted by atomic mass is 35.5. The number of esters is 1. The summed E-state index contributed by atoms with van der Waals surface area (Å²) in [7, 11) is 1.29. The lowest BCUT2D eigenvalue weighted by Gasteiger charge is -2.07. The first-order valence-corrected chi connectivity index (χ1v) is 5.96. The Morgan fingerprint density at radius 1 is 1.30 bits per heavy atom. The molecule has 100 valence electrons. The predicted molar refractivity (Wildman–Crippen MR) is 73.1 cm³/mol. The van der Waals surface area contributed by atoms with E-state index in [2.05, 4.69) is 4.74 Å². The van der Waals surface area contributed by atoms with E-state index >= 15 is 0 Å². The number of halogens is 1. The predicted octanol–water partition coefficient (Wildman–Crippen LogP) is 2.15. The number of nitriles is 1. The van der Waals surface area contributed by atoms with Crippen LogP contribution in [0, 0.1) is 11.3 Å². The maximum atomic E-state index is 12.1. The summed E-state index contributed by atoms with van der Waals surface area (Å²) in [6.45, 7) is 0. The van der Waals surface area contributed by atoms with Crippen LogP contribution in [-0.2, 0) is 4.74 Å². The van der Waals surface area contributed by atoms with Crippen LogP contribution in [0.15, 0.2) is 41.3 Å². The van der Waals surface area contributed by atoms with Gasteiger partial charge in [0.1, 0.15) is 11.6 Å². The van der Waals surface area contributed by atoms with Crippen molar-refractivity contribution < 1.29 is 9.53 Å². The zero-order chi connectivity index (χ0) is 14.7. The van der Waals surface area contributed by atoms with Crippen molar-refractivity contribution in [2.45, 2.75) is 0 Å². The molecule has 1 aromatic heterocycles. The van der Waals surface area contributed by atoms with Crippen LogP contribution in [0.1, 0.15) is 15.9 Å². The Morgan fingerprint density at radius 2 is 1.95 bits per heavy atom. The third-order valence-corrected chi connectivity index (χ3v) is 3.03. The molecule has 0 bridgehead atoms. The second-order valence-electron chi connectivity index (χ2n) is 3.86. The number of nitrogens with zero attached hydrogens (tertiary/aromatic N) is 2. The highest BCUT2D eigenvalue weighted by Gasteiger charge is 2.10. The molecule has 0 radical (unpaired) electrons. The summed E-state index contributed by atoms with van der Waals surface area (Å²) in [5.41, 5.74) is 0.270. The second kappa shape index (κ2) is 5.59. The molecule has 0 spiro atoms. The van der Waals surface area contributed by atoms with Crippen LogP contribution in [-0.4, -0.2) is 17.6 Å². The van der Waals surface area contributed by atoms with E-state index in [0.717, 1.165) is 0 Å². The van der Waals surface area contributed by atoms with Crippen molar-refractivity contribution in [3.05, 3.63) is 63.0 Å². The molecular formula is C14H9ClN2O3. The van der Waals surface area contributed by atoms with Gasteiger partial charge in [-0.1, -0.05) is 11.6 Å². The van der Waals surface area contributed by atoms with Gasteiger partial charge in [-0.2, -0.15) is 5.26 Å². The van der Waals surface area contributed by atoms with E-state index < -0.39 is 11.5 Å². The first kappa shape index (κ1) is 13.8. The van der Waals surface area contributed by atoms with Gasteiger partial charge >= 0.3 is 5.97 Å². The van der Waals surface area contributed by atoms with Crippen LogP contribution in [0.2, 0.25) is 5.02 Å². The van der Waals surface area contributed by atoms with E-state index in [1.807, 2.05) is 0 Å². The Balaban J connectivity index is 2.51. The molecule has 0 N–H and O–H groups in total. The van der Waals surface area contributed by atoms with Crippen molar-refractivity contribution in [1.82, 2.24) is 4.57 Å². The number of methoxy groups -OCH3 is 1. The van der Waals surface area contributed by atoms with Crippen LogP contribution in [0.3, 0.4) is 0 Å². The minimum absolute atomic E-state index is 0.111.